The van der Waals surface area contributed by atoms with Crippen LogP contribution in [0.2, 0.25) is 0 Å². The van der Waals surface area contributed by atoms with Crippen molar-refractivity contribution in [2.24, 2.45) is 0 Å². The van der Waals surface area contributed by atoms with E-state index in [1.165, 1.54) is 13.2 Å². The average Bonchev–Trinajstić information content (AvgIpc) is 2.52. The highest BCUT2D eigenvalue weighted by molar-refractivity contribution is 6.18. The van der Waals surface area contributed by atoms with E-state index in [1.807, 2.05) is 0 Å². The van der Waals surface area contributed by atoms with Gasteiger partial charge in [0.2, 0.25) is 11.4 Å². The number of aliphatic carboxylic acids is 1. The van der Waals surface area contributed by atoms with Crippen molar-refractivity contribution >= 4 is 11.8 Å². The highest BCUT2D eigenvalue weighted by Crippen LogP contribution is 2.32. The van der Waals surface area contributed by atoms with E-state index in [0.717, 1.165) is 0 Å². The summed E-state index contributed by atoms with van der Waals surface area (Å²) in [7, 11) is 1.45. The molecule has 0 radical (unpaired) electrons. The van der Waals surface area contributed by atoms with Gasteiger partial charge in [0.15, 0.2) is 0 Å². The molecule has 0 fully saturated rings. The van der Waals surface area contributed by atoms with Crippen LogP contribution in [0.15, 0.2) is 18.2 Å². The van der Waals surface area contributed by atoms with Crippen molar-refractivity contribution in [1.82, 2.24) is 0 Å². The average molecular weight is 222 g/mol. The molecule has 1 atom stereocenters. The Kier molecular flexibility index (Phi) is 2.20. The molecular weight excluding hydrogens is 212 g/mol. The van der Waals surface area contributed by atoms with Crippen molar-refractivity contribution in [2.45, 2.75) is 12.0 Å². The molecule has 2 N–H and O–H groups in total. The smallest absolute Gasteiger partial charge is 0.344 e. The van der Waals surface area contributed by atoms with Crippen LogP contribution in [0.5, 0.6) is 5.75 Å². The Morgan fingerprint density at radius 3 is 2.75 bits per heavy atom. The van der Waals surface area contributed by atoms with E-state index in [0.29, 0.717) is 11.3 Å². The second-order valence-corrected chi connectivity index (χ2v) is 3.69. The van der Waals surface area contributed by atoms with Gasteiger partial charge in [-0.3, -0.25) is 4.79 Å². The Bertz CT molecular complexity index is 479. The maximum absolute atomic E-state index is 11.7. The number of carbonyl (C=O) groups is 2. The van der Waals surface area contributed by atoms with Gasteiger partial charge in [-0.25, -0.2) is 4.79 Å². The normalized spacial score (nSPS) is 23.0. The zero-order valence-electron chi connectivity index (χ0n) is 8.56. The number of rotatable bonds is 2. The Balaban J connectivity index is 2.50. The van der Waals surface area contributed by atoms with E-state index in [9.17, 15) is 14.7 Å². The number of ether oxygens (including phenoxy) is 1. The molecule has 0 bridgehead atoms. The van der Waals surface area contributed by atoms with Crippen LogP contribution in [0.3, 0.4) is 0 Å². The van der Waals surface area contributed by atoms with E-state index in [2.05, 4.69) is 0 Å². The fraction of sp³-hybridized carbons (Fsp3) is 0.273. The molecule has 0 spiro atoms. The SMILES string of the molecule is COc1ccc2c(c1)C(=O)C(O)(C(=O)O)C2. The molecule has 1 unspecified atom stereocenters. The third-order valence-electron chi connectivity index (χ3n) is 2.74. The van der Waals surface area contributed by atoms with Gasteiger partial charge in [0, 0.05) is 12.0 Å². The highest BCUT2D eigenvalue weighted by Gasteiger charge is 2.50. The zero-order valence-corrected chi connectivity index (χ0v) is 8.56. The summed E-state index contributed by atoms with van der Waals surface area (Å²) in [5.41, 5.74) is -1.59. The Morgan fingerprint density at radius 2 is 2.19 bits per heavy atom. The minimum Gasteiger partial charge on any atom is -0.497 e. The van der Waals surface area contributed by atoms with Crippen LogP contribution in [-0.4, -0.2) is 34.7 Å². The summed E-state index contributed by atoms with van der Waals surface area (Å²) in [6.45, 7) is 0. The van der Waals surface area contributed by atoms with Gasteiger partial charge >= 0.3 is 5.97 Å². The summed E-state index contributed by atoms with van der Waals surface area (Å²) in [4.78, 5) is 22.6. The molecule has 1 aliphatic carbocycles. The van der Waals surface area contributed by atoms with Gasteiger partial charge in [0.1, 0.15) is 5.75 Å². The predicted octanol–water partition coefficient (Wildman–Crippen LogP) is 0.250. The Morgan fingerprint density at radius 1 is 1.50 bits per heavy atom. The van der Waals surface area contributed by atoms with Gasteiger partial charge in [0.25, 0.3) is 0 Å². The maximum Gasteiger partial charge on any atom is 0.344 e. The van der Waals surface area contributed by atoms with Crippen molar-refractivity contribution in [3.63, 3.8) is 0 Å². The van der Waals surface area contributed by atoms with Gasteiger partial charge in [-0.15, -0.1) is 0 Å². The summed E-state index contributed by atoms with van der Waals surface area (Å²) < 4.78 is 4.94. The van der Waals surface area contributed by atoms with Crippen molar-refractivity contribution in [2.75, 3.05) is 7.11 Å². The van der Waals surface area contributed by atoms with E-state index < -0.39 is 17.4 Å². The van der Waals surface area contributed by atoms with Crippen LogP contribution in [0.4, 0.5) is 0 Å². The van der Waals surface area contributed by atoms with Crippen LogP contribution >= 0.6 is 0 Å². The molecule has 0 aromatic heterocycles. The van der Waals surface area contributed by atoms with E-state index in [-0.39, 0.29) is 12.0 Å². The fourth-order valence-corrected chi connectivity index (χ4v) is 1.80. The van der Waals surface area contributed by atoms with Gasteiger partial charge < -0.3 is 14.9 Å². The molecule has 0 saturated carbocycles. The molecule has 0 amide bonds. The first kappa shape index (κ1) is 10.6. The first-order valence-electron chi connectivity index (χ1n) is 4.66. The number of fused-ring (bicyclic) bond motifs is 1. The van der Waals surface area contributed by atoms with E-state index >= 15 is 0 Å². The van der Waals surface area contributed by atoms with Gasteiger partial charge in [0.05, 0.1) is 7.11 Å². The lowest BCUT2D eigenvalue weighted by Crippen LogP contribution is -2.44. The Hall–Kier alpha value is -1.88. The third kappa shape index (κ3) is 1.29. The van der Waals surface area contributed by atoms with E-state index in [4.69, 9.17) is 9.84 Å². The second kappa shape index (κ2) is 3.31. The van der Waals surface area contributed by atoms with Crippen molar-refractivity contribution < 1.29 is 24.5 Å². The molecule has 0 heterocycles. The van der Waals surface area contributed by atoms with Gasteiger partial charge in [-0.05, 0) is 17.7 Å². The van der Waals surface area contributed by atoms with Crippen molar-refractivity contribution in [3.8, 4) is 5.75 Å². The quantitative estimate of drug-likeness (QED) is 0.701. The molecule has 84 valence electrons. The predicted molar refractivity (Wildman–Crippen MR) is 53.6 cm³/mol. The lowest BCUT2D eigenvalue weighted by molar-refractivity contribution is -0.152. The van der Waals surface area contributed by atoms with E-state index in [1.54, 1.807) is 12.1 Å². The molecule has 2 rings (SSSR count). The largest absolute Gasteiger partial charge is 0.497 e. The second-order valence-electron chi connectivity index (χ2n) is 3.69. The first-order chi connectivity index (χ1) is 7.49. The number of methoxy groups -OCH3 is 1. The van der Waals surface area contributed by atoms with Gasteiger partial charge in [-0.2, -0.15) is 0 Å². The maximum atomic E-state index is 11.7. The van der Waals surface area contributed by atoms with Crippen LogP contribution < -0.4 is 4.74 Å². The summed E-state index contributed by atoms with van der Waals surface area (Å²) in [6.07, 6.45) is -0.194. The number of carbonyl (C=O) groups excluding carboxylic acids is 1. The van der Waals surface area contributed by atoms with Crippen LogP contribution in [0.25, 0.3) is 0 Å². The molecule has 1 aliphatic rings. The zero-order chi connectivity index (χ0) is 11.9. The minimum atomic E-state index is -2.32. The number of aliphatic hydroxyl groups is 1. The molecule has 16 heavy (non-hydrogen) atoms. The van der Waals surface area contributed by atoms with Crippen molar-refractivity contribution in [3.05, 3.63) is 29.3 Å². The monoisotopic (exact) mass is 222 g/mol. The molecule has 1 aromatic rings. The summed E-state index contributed by atoms with van der Waals surface area (Å²) in [5.74, 6) is -1.84. The molecule has 1 aromatic carbocycles. The minimum absolute atomic E-state index is 0.194. The summed E-state index contributed by atoms with van der Waals surface area (Å²) >= 11 is 0. The number of ketones is 1. The van der Waals surface area contributed by atoms with Gasteiger partial charge in [-0.1, -0.05) is 6.07 Å². The molecule has 0 saturated heterocycles. The lowest BCUT2D eigenvalue weighted by Gasteiger charge is -2.13. The lowest BCUT2D eigenvalue weighted by atomic mass is 10.00. The third-order valence-corrected chi connectivity index (χ3v) is 2.74. The molecular formula is C11H10O5. The summed E-state index contributed by atoms with van der Waals surface area (Å²) in [6, 6.07) is 4.66. The summed E-state index contributed by atoms with van der Waals surface area (Å²) in [5, 5.41) is 18.6. The fourth-order valence-electron chi connectivity index (χ4n) is 1.80. The molecule has 5 heteroatoms. The topological polar surface area (TPSA) is 83.8 Å². The number of hydrogen-bond donors (Lipinski definition) is 2. The molecule has 5 nitrogen and oxygen atoms in total. The van der Waals surface area contributed by atoms with Crippen molar-refractivity contribution in [1.29, 1.82) is 0 Å². The number of Topliss-reactive ketones (excluding diaryl/α,β-unsaturated/α-hetero) is 1. The van der Waals surface area contributed by atoms with Crippen LogP contribution in [-0.2, 0) is 11.2 Å². The standard InChI is InChI=1S/C11H10O5/c1-16-7-3-2-6-5-11(15,10(13)14)9(12)8(6)4-7/h2-4,15H,5H2,1H3,(H,13,14). The van der Waals surface area contributed by atoms with Crippen LogP contribution in [0, 0.1) is 0 Å². The first-order valence-corrected chi connectivity index (χ1v) is 4.66. The van der Waals surface area contributed by atoms with Crippen LogP contribution in [0.1, 0.15) is 15.9 Å². The highest BCUT2D eigenvalue weighted by atomic mass is 16.5. The Labute approximate surface area is 91.3 Å². The number of benzene rings is 1. The number of carboxylic acid groups (broad SMARTS) is 1. The number of carboxylic acids is 1. The number of hydrogen-bond acceptors (Lipinski definition) is 4. The molecule has 0 aliphatic heterocycles.